The SMILES string of the molecule is c1ccc2c(-c3ccc(N(c4ccc(-c5cnc6c(c5)oc5ccccc56)cc4)c4ccc5c(c4)oc4ccccc45)cc3)cccc2c1. The lowest BCUT2D eigenvalue weighted by atomic mass is 9.98. The molecule has 0 atom stereocenters. The molecule has 0 aliphatic carbocycles. The predicted octanol–water partition coefficient (Wildman–Crippen LogP) is 12.8. The Morgan fingerprint density at radius 1 is 0.388 bits per heavy atom. The van der Waals surface area contributed by atoms with Crippen molar-refractivity contribution in [3.05, 3.63) is 170 Å². The predicted molar refractivity (Wildman–Crippen MR) is 202 cm³/mol. The fourth-order valence-electron chi connectivity index (χ4n) is 7.12. The molecule has 0 spiro atoms. The third-order valence-corrected chi connectivity index (χ3v) is 9.52. The van der Waals surface area contributed by atoms with Crippen LogP contribution in [0.4, 0.5) is 17.1 Å². The highest BCUT2D eigenvalue weighted by Crippen LogP contribution is 2.40. The Morgan fingerprint density at radius 2 is 0.980 bits per heavy atom. The van der Waals surface area contributed by atoms with Crippen molar-refractivity contribution in [2.45, 2.75) is 0 Å². The molecular weight excluding hydrogens is 601 g/mol. The number of hydrogen-bond donors (Lipinski definition) is 0. The van der Waals surface area contributed by atoms with Gasteiger partial charge in [0.2, 0.25) is 0 Å². The number of aromatic nitrogens is 1. The molecule has 10 aromatic rings. The summed E-state index contributed by atoms with van der Waals surface area (Å²) in [6.07, 6.45) is 1.93. The van der Waals surface area contributed by atoms with Gasteiger partial charge in [-0.2, -0.15) is 0 Å². The third kappa shape index (κ3) is 4.57. The van der Waals surface area contributed by atoms with Crippen LogP contribution in [-0.2, 0) is 0 Å². The number of fused-ring (bicyclic) bond motifs is 7. The number of pyridine rings is 1. The molecule has 0 aliphatic heterocycles. The molecule has 0 N–H and O–H groups in total. The molecule has 0 radical (unpaired) electrons. The van der Waals surface area contributed by atoms with Crippen LogP contribution in [0, 0.1) is 0 Å². The number of hydrogen-bond acceptors (Lipinski definition) is 4. The van der Waals surface area contributed by atoms with Gasteiger partial charge in [-0.15, -0.1) is 0 Å². The van der Waals surface area contributed by atoms with Crippen molar-refractivity contribution in [2.75, 3.05) is 4.90 Å². The van der Waals surface area contributed by atoms with E-state index in [-0.39, 0.29) is 0 Å². The molecule has 0 saturated heterocycles. The van der Waals surface area contributed by atoms with Crippen LogP contribution in [-0.4, -0.2) is 4.98 Å². The number of benzene rings is 7. The van der Waals surface area contributed by atoms with Crippen LogP contribution in [0.15, 0.2) is 179 Å². The highest BCUT2D eigenvalue weighted by molar-refractivity contribution is 6.06. The van der Waals surface area contributed by atoms with E-state index in [4.69, 9.17) is 13.8 Å². The number of para-hydroxylation sites is 2. The van der Waals surface area contributed by atoms with E-state index in [9.17, 15) is 0 Å². The van der Waals surface area contributed by atoms with Crippen LogP contribution in [0.2, 0.25) is 0 Å². The fourth-order valence-corrected chi connectivity index (χ4v) is 7.12. The molecule has 4 nitrogen and oxygen atoms in total. The average Bonchev–Trinajstić information content (AvgIpc) is 3.73. The highest BCUT2D eigenvalue weighted by atomic mass is 16.3. The molecule has 0 saturated carbocycles. The largest absolute Gasteiger partial charge is 0.456 e. The van der Waals surface area contributed by atoms with Gasteiger partial charge in [0.1, 0.15) is 22.3 Å². The Bertz CT molecular complexity index is 2820. The zero-order valence-electron chi connectivity index (χ0n) is 26.4. The summed E-state index contributed by atoms with van der Waals surface area (Å²) in [6, 6.07) is 57.3. The maximum absolute atomic E-state index is 6.32. The lowest BCUT2D eigenvalue weighted by Gasteiger charge is -2.26. The highest BCUT2D eigenvalue weighted by Gasteiger charge is 2.17. The first-order valence-corrected chi connectivity index (χ1v) is 16.4. The summed E-state index contributed by atoms with van der Waals surface area (Å²) in [5, 5.41) is 5.74. The van der Waals surface area contributed by atoms with Crippen LogP contribution in [0.1, 0.15) is 0 Å². The second kappa shape index (κ2) is 11.0. The first-order valence-electron chi connectivity index (χ1n) is 16.4. The summed E-state index contributed by atoms with van der Waals surface area (Å²) < 4.78 is 12.5. The standard InChI is InChI=1S/C45H28N2O2/c1-2-10-36-30(8-1)9-7-13-37(36)31-18-22-34(23-19-31)47(35-24-25-39-38-11-3-5-14-41(38)48-43(39)27-35)33-20-16-29(17-21-33)32-26-44-45(46-28-32)40-12-4-6-15-42(40)49-44/h1-28H. The molecule has 7 aromatic carbocycles. The zero-order chi connectivity index (χ0) is 32.3. The second-order valence-corrected chi connectivity index (χ2v) is 12.4. The number of anilines is 3. The van der Waals surface area contributed by atoms with Crippen molar-refractivity contribution >= 4 is 71.8 Å². The summed E-state index contributed by atoms with van der Waals surface area (Å²) in [5.74, 6) is 0. The molecule has 230 valence electrons. The van der Waals surface area contributed by atoms with Gasteiger partial charge >= 0.3 is 0 Å². The van der Waals surface area contributed by atoms with Gasteiger partial charge in [0.25, 0.3) is 0 Å². The summed E-state index contributed by atoms with van der Waals surface area (Å²) in [5.41, 5.74) is 11.8. The molecule has 0 bridgehead atoms. The van der Waals surface area contributed by atoms with E-state index in [0.717, 1.165) is 72.2 Å². The number of nitrogens with zero attached hydrogens (tertiary/aromatic N) is 2. The molecule has 3 aromatic heterocycles. The van der Waals surface area contributed by atoms with Gasteiger partial charge in [0.05, 0.1) is 0 Å². The van der Waals surface area contributed by atoms with E-state index < -0.39 is 0 Å². The normalized spacial score (nSPS) is 11.7. The summed E-state index contributed by atoms with van der Waals surface area (Å²) in [4.78, 5) is 7.06. The fraction of sp³-hybridized carbons (Fsp3) is 0. The Balaban J connectivity index is 1.07. The van der Waals surface area contributed by atoms with Crippen LogP contribution in [0.3, 0.4) is 0 Å². The Kier molecular flexibility index (Phi) is 6.15. The minimum Gasteiger partial charge on any atom is -0.456 e. The van der Waals surface area contributed by atoms with Crippen molar-refractivity contribution in [1.29, 1.82) is 0 Å². The Morgan fingerprint density at radius 3 is 1.78 bits per heavy atom. The zero-order valence-corrected chi connectivity index (χ0v) is 26.4. The molecule has 3 heterocycles. The van der Waals surface area contributed by atoms with Crippen molar-refractivity contribution in [3.63, 3.8) is 0 Å². The Labute approximate surface area is 282 Å². The minimum atomic E-state index is 0.787. The van der Waals surface area contributed by atoms with Crippen LogP contribution in [0.25, 0.3) is 77.0 Å². The van der Waals surface area contributed by atoms with Gasteiger partial charge in [-0.3, -0.25) is 4.98 Å². The van der Waals surface area contributed by atoms with Gasteiger partial charge in [0, 0.05) is 51.0 Å². The Hall–Kier alpha value is -6.65. The maximum Gasteiger partial charge on any atom is 0.154 e. The van der Waals surface area contributed by atoms with Crippen molar-refractivity contribution < 1.29 is 8.83 Å². The lowest BCUT2D eigenvalue weighted by Crippen LogP contribution is -2.09. The molecule has 49 heavy (non-hydrogen) atoms. The van der Waals surface area contributed by atoms with E-state index in [2.05, 4.69) is 138 Å². The van der Waals surface area contributed by atoms with Crippen molar-refractivity contribution in [3.8, 4) is 22.3 Å². The number of rotatable bonds is 5. The first kappa shape index (κ1) is 27.5. The summed E-state index contributed by atoms with van der Waals surface area (Å²) in [7, 11) is 0. The van der Waals surface area contributed by atoms with E-state index in [1.807, 2.05) is 36.5 Å². The van der Waals surface area contributed by atoms with Crippen molar-refractivity contribution in [2.24, 2.45) is 0 Å². The third-order valence-electron chi connectivity index (χ3n) is 9.52. The minimum absolute atomic E-state index is 0.787. The molecule has 0 aliphatic rings. The molecule has 0 unspecified atom stereocenters. The molecule has 4 heteroatoms. The maximum atomic E-state index is 6.32. The van der Waals surface area contributed by atoms with E-state index in [1.54, 1.807) is 0 Å². The van der Waals surface area contributed by atoms with Crippen LogP contribution >= 0.6 is 0 Å². The van der Waals surface area contributed by atoms with E-state index >= 15 is 0 Å². The van der Waals surface area contributed by atoms with Crippen molar-refractivity contribution in [1.82, 2.24) is 4.98 Å². The van der Waals surface area contributed by atoms with Gasteiger partial charge < -0.3 is 13.7 Å². The topological polar surface area (TPSA) is 42.4 Å². The van der Waals surface area contributed by atoms with Crippen LogP contribution < -0.4 is 4.90 Å². The number of furan rings is 2. The quantitative estimate of drug-likeness (QED) is 0.190. The first-order chi connectivity index (χ1) is 24.3. The van der Waals surface area contributed by atoms with Crippen LogP contribution in [0.5, 0.6) is 0 Å². The van der Waals surface area contributed by atoms with E-state index in [0.29, 0.717) is 0 Å². The van der Waals surface area contributed by atoms with E-state index in [1.165, 1.54) is 21.9 Å². The summed E-state index contributed by atoms with van der Waals surface area (Å²) >= 11 is 0. The van der Waals surface area contributed by atoms with Gasteiger partial charge in [-0.1, -0.05) is 97.1 Å². The lowest BCUT2D eigenvalue weighted by molar-refractivity contribution is 0.668. The molecule has 0 fully saturated rings. The smallest absolute Gasteiger partial charge is 0.154 e. The molecule has 10 rings (SSSR count). The van der Waals surface area contributed by atoms with Gasteiger partial charge in [0.15, 0.2) is 5.58 Å². The van der Waals surface area contributed by atoms with Gasteiger partial charge in [-0.25, -0.2) is 0 Å². The molecule has 0 amide bonds. The van der Waals surface area contributed by atoms with Gasteiger partial charge in [-0.05, 0) is 88.1 Å². The average molecular weight is 629 g/mol. The molecular formula is C45H28N2O2. The second-order valence-electron chi connectivity index (χ2n) is 12.4. The summed E-state index contributed by atoms with van der Waals surface area (Å²) in [6.45, 7) is 0. The monoisotopic (exact) mass is 628 g/mol.